The van der Waals surface area contributed by atoms with Gasteiger partial charge in [-0.15, -0.1) is 0 Å². The van der Waals surface area contributed by atoms with Gasteiger partial charge in [0.2, 0.25) is 5.89 Å². The zero-order valence-corrected chi connectivity index (χ0v) is 16.5. The molecule has 0 aliphatic rings. The lowest BCUT2D eigenvalue weighted by atomic mass is 10.1. The highest BCUT2D eigenvalue weighted by Gasteiger charge is 2.13. The number of hydrogen-bond acceptors (Lipinski definition) is 5. The number of carboxylic acid groups (broad SMARTS) is 1. The number of nitrogens with zero attached hydrogens (tertiary/aromatic N) is 1. The molecule has 0 spiro atoms. The molecule has 152 valence electrons. The van der Waals surface area contributed by atoms with Crippen LogP contribution in [0.25, 0.3) is 11.5 Å². The predicted molar refractivity (Wildman–Crippen MR) is 111 cm³/mol. The Morgan fingerprint density at radius 3 is 2.55 bits per heavy atom. The smallest absolute Gasteiger partial charge is 0.320 e. The molecule has 2 aromatic carbocycles. The van der Waals surface area contributed by atoms with Gasteiger partial charge in [0.1, 0.15) is 17.6 Å². The zero-order chi connectivity index (χ0) is 20.6. The van der Waals surface area contributed by atoms with E-state index in [1.165, 1.54) is 0 Å². The molecule has 0 saturated heterocycles. The lowest BCUT2D eigenvalue weighted by Gasteiger charge is -2.09. The third kappa shape index (κ3) is 5.68. The molecular formula is C23H26N2O4. The quantitative estimate of drug-likeness (QED) is 0.507. The lowest BCUT2D eigenvalue weighted by molar-refractivity contribution is -0.138. The number of carboxylic acids is 1. The van der Waals surface area contributed by atoms with Crippen LogP contribution in [-0.2, 0) is 24.1 Å². The summed E-state index contributed by atoms with van der Waals surface area (Å²) in [6, 6.07) is 16.4. The molecule has 1 aromatic heterocycles. The maximum atomic E-state index is 10.8. The van der Waals surface area contributed by atoms with Crippen LogP contribution in [0.3, 0.4) is 0 Å². The van der Waals surface area contributed by atoms with Crippen molar-refractivity contribution < 1.29 is 19.1 Å². The second-order valence-corrected chi connectivity index (χ2v) is 6.85. The van der Waals surface area contributed by atoms with Crippen LogP contribution in [0.15, 0.2) is 59.0 Å². The van der Waals surface area contributed by atoms with Crippen molar-refractivity contribution in [2.75, 3.05) is 6.61 Å². The van der Waals surface area contributed by atoms with E-state index < -0.39 is 12.0 Å². The van der Waals surface area contributed by atoms with Crippen LogP contribution in [0.2, 0.25) is 0 Å². The molecule has 0 fully saturated rings. The van der Waals surface area contributed by atoms with E-state index in [-0.39, 0.29) is 0 Å². The summed E-state index contributed by atoms with van der Waals surface area (Å²) < 4.78 is 11.7. The number of aryl methyl sites for hydroxylation is 2. The Bertz CT molecular complexity index is 920. The van der Waals surface area contributed by atoms with Crippen LogP contribution < -0.4 is 10.5 Å². The molecule has 6 nitrogen and oxygen atoms in total. The Morgan fingerprint density at radius 2 is 1.90 bits per heavy atom. The van der Waals surface area contributed by atoms with Gasteiger partial charge in [0.25, 0.3) is 0 Å². The van der Waals surface area contributed by atoms with Gasteiger partial charge in [-0.1, -0.05) is 37.3 Å². The summed E-state index contributed by atoms with van der Waals surface area (Å²) in [5, 5.41) is 8.88. The molecule has 0 aliphatic carbocycles. The lowest BCUT2D eigenvalue weighted by Crippen LogP contribution is -2.32. The van der Waals surface area contributed by atoms with Crippen LogP contribution in [0.1, 0.15) is 30.4 Å². The average molecular weight is 394 g/mol. The minimum Gasteiger partial charge on any atom is -0.494 e. The summed E-state index contributed by atoms with van der Waals surface area (Å²) in [4.78, 5) is 15.5. The van der Waals surface area contributed by atoms with Gasteiger partial charge in [0, 0.05) is 12.0 Å². The number of benzene rings is 2. The fourth-order valence-corrected chi connectivity index (χ4v) is 3.05. The number of aliphatic carboxylic acids is 1. The van der Waals surface area contributed by atoms with E-state index in [2.05, 4.69) is 11.9 Å². The fraction of sp³-hybridized carbons (Fsp3) is 0.304. The maximum absolute atomic E-state index is 10.8. The van der Waals surface area contributed by atoms with E-state index in [1.54, 1.807) is 0 Å². The molecule has 3 N–H and O–H groups in total. The molecule has 0 unspecified atom stereocenters. The van der Waals surface area contributed by atoms with E-state index in [9.17, 15) is 4.79 Å². The summed E-state index contributed by atoms with van der Waals surface area (Å²) in [5.41, 5.74) is 8.39. The number of ether oxygens (including phenoxy) is 1. The molecule has 0 amide bonds. The summed E-state index contributed by atoms with van der Waals surface area (Å²) in [6.45, 7) is 2.62. The van der Waals surface area contributed by atoms with Gasteiger partial charge in [0.05, 0.1) is 12.3 Å². The van der Waals surface area contributed by atoms with Crippen LogP contribution in [0, 0.1) is 0 Å². The van der Waals surface area contributed by atoms with Gasteiger partial charge in [-0.2, -0.15) is 0 Å². The molecular weight excluding hydrogens is 368 g/mol. The van der Waals surface area contributed by atoms with Crippen LogP contribution in [-0.4, -0.2) is 28.7 Å². The van der Waals surface area contributed by atoms with E-state index in [0.717, 1.165) is 47.6 Å². The Morgan fingerprint density at radius 1 is 1.17 bits per heavy atom. The van der Waals surface area contributed by atoms with Gasteiger partial charge in [-0.05, 0) is 49.1 Å². The average Bonchev–Trinajstić information content (AvgIpc) is 3.16. The second kappa shape index (κ2) is 9.89. The topological polar surface area (TPSA) is 98.6 Å². The summed E-state index contributed by atoms with van der Waals surface area (Å²) in [6.07, 6.45) is 2.70. The van der Waals surface area contributed by atoms with Crippen LogP contribution in [0.5, 0.6) is 5.75 Å². The number of carbonyl (C=O) groups is 1. The molecule has 3 aromatic rings. The van der Waals surface area contributed by atoms with Gasteiger partial charge in [-0.3, -0.25) is 4.79 Å². The first-order valence-electron chi connectivity index (χ1n) is 9.81. The van der Waals surface area contributed by atoms with Gasteiger partial charge >= 0.3 is 5.97 Å². The number of nitrogens with two attached hydrogens (primary N) is 1. The maximum Gasteiger partial charge on any atom is 0.320 e. The predicted octanol–water partition coefficient (Wildman–Crippen LogP) is 3.87. The van der Waals surface area contributed by atoms with Crippen molar-refractivity contribution in [3.05, 3.63) is 71.6 Å². The summed E-state index contributed by atoms with van der Waals surface area (Å²) >= 11 is 0. The first-order valence-corrected chi connectivity index (χ1v) is 9.81. The van der Waals surface area contributed by atoms with Crippen molar-refractivity contribution in [3.63, 3.8) is 0 Å². The molecule has 1 heterocycles. The second-order valence-electron chi connectivity index (χ2n) is 6.85. The molecule has 0 radical (unpaired) electrons. The molecule has 29 heavy (non-hydrogen) atoms. The summed E-state index contributed by atoms with van der Waals surface area (Å²) in [7, 11) is 0. The number of rotatable bonds is 10. The van der Waals surface area contributed by atoms with Crippen molar-refractivity contribution in [1.82, 2.24) is 4.98 Å². The number of oxazole rings is 1. The summed E-state index contributed by atoms with van der Waals surface area (Å²) in [5.74, 6) is 1.33. The van der Waals surface area contributed by atoms with Gasteiger partial charge < -0.3 is 20.0 Å². The fourth-order valence-electron chi connectivity index (χ4n) is 3.05. The minimum atomic E-state index is -1.000. The SMILES string of the molecule is CCc1oc(-c2ccccc2)nc1CCCOc1ccc(C[C@H](N)C(=O)O)cc1. The highest BCUT2D eigenvalue weighted by Crippen LogP contribution is 2.23. The minimum absolute atomic E-state index is 0.297. The Kier molecular flexibility index (Phi) is 7.03. The number of aromatic nitrogens is 1. The van der Waals surface area contributed by atoms with E-state index >= 15 is 0 Å². The van der Waals surface area contributed by atoms with Gasteiger partial charge in [-0.25, -0.2) is 4.98 Å². The van der Waals surface area contributed by atoms with Crippen molar-refractivity contribution in [2.45, 2.75) is 38.6 Å². The molecule has 1 atom stereocenters. The Hall–Kier alpha value is -3.12. The van der Waals surface area contributed by atoms with E-state index in [1.807, 2.05) is 54.6 Å². The largest absolute Gasteiger partial charge is 0.494 e. The standard InChI is InChI=1S/C23H26N2O4/c1-2-21-20(25-22(29-21)17-7-4-3-5-8-17)9-6-14-28-18-12-10-16(11-13-18)15-19(24)23(26)27/h3-5,7-8,10-13,19H,2,6,9,14-15,24H2,1H3,(H,26,27)/t19-/m0/s1. The van der Waals surface area contributed by atoms with Crippen molar-refractivity contribution in [2.24, 2.45) is 5.73 Å². The van der Waals surface area contributed by atoms with Crippen LogP contribution in [0.4, 0.5) is 0 Å². The normalized spacial score (nSPS) is 11.9. The van der Waals surface area contributed by atoms with Crippen LogP contribution >= 0.6 is 0 Å². The first-order chi connectivity index (χ1) is 14.1. The van der Waals surface area contributed by atoms with E-state index in [4.69, 9.17) is 20.0 Å². The highest BCUT2D eigenvalue weighted by molar-refractivity contribution is 5.73. The molecule has 0 bridgehead atoms. The molecule has 0 aliphatic heterocycles. The third-order valence-corrected chi connectivity index (χ3v) is 4.64. The Balaban J connectivity index is 1.50. The Labute approximate surface area is 170 Å². The van der Waals surface area contributed by atoms with Gasteiger partial charge in [0.15, 0.2) is 0 Å². The van der Waals surface area contributed by atoms with Crippen molar-refractivity contribution in [1.29, 1.82) is 0 Å². The number of hydrogen-bond donors (Lipinski definition) is 2. The molecule has 0 saturated carbocycles. The van der Waals surface area contributed by atoms with Crippen molar-refractivity contribution >= 4 is 5.97 Å². The van der Waals surface area contributed by atoms with Crippen molar-refractivity contribution in [3.8, 4) is 17.2 Å². The van der Waals surface area contributed by atoms with E-state index in [0.29, 0.717) is 18.9 Å². The monoisotopic (exact) mass is 394 g/mol. The first kappa shape index (κ1) is 20.6. The molecule has 3 rings (SSSR count). The molecule has 6 heteroatoms. The highest BCUT2D eigenvalue weighted by atomic mass is 16.5. The third-order valence-electron chi connectivity index (χ3n) is 4.64. The zero-order valence-electron chi connectivity index (χ0n) is 16.5.